The standard InChI is InChI=1S/C13H19N3/c1-4-13(3,5-2)16-7-6-10-8-11(14)9-15-12(10)16/h6-9H,4-5,14H2,1-3H3. The Labute approximate surface area is 96.3 Å². The van der Waals surface area contributed by atoms with Gasteiger partial charge in [0.1, 0.15) is 5.65 Å². The Balaban J connectivity index is 2.62. The van der Waals surface area contributed by atoms with E-state index in [4.69, 9.17) is 5.73 Å². The molecule has 2 heterocycles. The van der Waals surface area contributed by atoms with Crippen LogP contribution in [0.15, 0.2) is 24.5 Å². The van der Waals surface area contributed by atoms with Gasteiger partial charge in [0.25, 0.3) is 0 Å². The molecule has 3 nitrogen and oxygen atoms in total. The third kappa shape index (κ3) is 1.56. The highest BCUT2D eigenvalue weighted by Gasteiger charge is 2.23. The van der Waals surface area contributed by atoms with Gasteiger partial charge < -0.3 is 10.3 Å². The Morgan fingerprint density at radius 3 is 2.69 bits per heavy atom. The van der Waals surface area contributed by atoms with E-state index in [-0.39, 0.29) is 5.54 Å². The van der Waals surface area contributed by atoms with Crippen molar-refractivity contribution < 1.29 is 0 Å². The van der Waals surface area contributed by atoms with Gasteiger partial charge >= 0.3 is 0 Å². The van der Waals surface area contributed by atoms with Crippen LogP contribution in [0.2, 0.25) is 0 Å². The Bertz CT molecular complexity index is 495. The molecule has 0 amide bonds. The highest BCUT2D eigenvalue weighted by atomic mass is 15.1. The Morgan fingerprint density at radius 2 is 2.06 bits per heavy atom. The maximum Gasteiger partial charge on any atom is 0.140 e. The molecule has 0 bridgehead atoms. The van der Waals surface area contributed by atoms with Crippen LogP contribution in [0.25, 0.3) is 11.0 Å². The summed E-state index contributed by atoms with van der Waals surface area (Å²) in [4.78, 5) is 4.44. The molecule has 86 valence electrons. The van der Waals surface area contributed by atoms with Crippen LogP contribution in [0.4, 0.5) is 5.69 Å². The van der Waals surface area contributed by atoms with Crippen molar-refractivity contribution in [3.8, 4) is 0 Å². The largest absolute Gasteiger partial charge is 0.397 e. The first-order valence-electron chi connectivity index (χ1n) is 5.84. The molecule has 0 aromatic carbocycles. The van der Waals surface area contributed by atoms with E-state index >= 15 is 0 Å². The van der Waals surface area contributed by atoms with Crippen molar-refractivity contribution in [1.29, 1.82) is 0 Å². The summed E-state index contributed by atoms with van der Waals surface area (Å²) in [5.41, 5.74) is 7.63. The van der Waals surface area contributed by atoms with Crippen LogP contribution in [0.1, 0.15) is 33.6 Å². The number of pyridine rings is 1. The summed E-state index contributed by atoms with van der Waals surface area (Å²) in [5.74, 6) is 0. The number of anilines is 1. The van der Waals surface area contributed by atoms with Crippen molar-refractivity contribution in [3.63, 3.8) is 0 Å². The summed E-state index contributed by atoms with van der Waals surface area (Å²) in [6, 6.07) is 4.06. The predicted molar refractivity (Wildman–Crippen MR) is 68.4 cm³/mol. The fourth-order valence-corrected chi connectivity index (χ4v) is 2.07. The van der Waals surface area contributed by atoms with Gasteiger partial charge in [-0.2, -0.15) is 0 Å². The molecule has 2 rings (SSSR count). The van der Waals surface area contributed by atoms with E-state index in [1.165, 1.54) is 0 Å². The second-order valence-corrected chi connectivity index (χ2v) is 4.57. The number of hydrogen-bond acceptors (Lipinski definition) is 2. The Morgan fingerprint density at radius 1 is 1.38 bits per heavy atom. The monoisotopic (exact) mass is 217 g/mol. The lowest BCUT2D eigenvalue weighted by Crippen LogP contribution is -2.27. The Kier molecular flexibility index (Phi) is 2.62. The van der Waals surface area contributed by atoms with Gasteiger partial charge in [-0.25, -0.2) is 4.98 Å². The second-order valence-electron chi connectivity index (χ2n) is 4.57. The van der Waals surface area contributed by atoms with Crippen LogP contribution in [-0.2, 0) is 5.54 Å². The molecule has 0 aliphatic heterocycles. The van der Waals surface area contributed by atoms with Crippen molar-refractivity contribution in [2.45, 2.75) is 39.2 Å². The first-order valence-corrected chi connectivity index (χ1v) is 5.84. The molecule has 0 radical (unpaired) electrons. The molecule has 0 aliphatic carbocycles. The van der Waals surface area contributed by atoms with E-state index in [9.17, 15) is 0 Å². The van der Waals surface area contributed by atoms with Crippen LogP contribution in [-0.4, -0.2) is 9.55 Å². The summed E-state index contributed by atoms with van der Waals surface area (Å²) in [7, 11) is 0. The van der Waals surface area contributed by atoms with Crippen LogP contribution >= 0.6 is 0 Å². The number of nitrogens with zero attached hydrogens (tertiary/aromatic N) is 2. The van der Waals surface area contributed by atoms with Gasteiger partial charge in [-0.3, -0.25) is 0 Å². The Hall–Kier alpha value is -1.51. The van der Waals surface area contributed by atoms with Crippen LogP contribution < -0.4 is 5.73 Å². The summed E-state index contributed by atoms with van der Waals surface area (Å²) in [6.07, 6.45) is 6.04. The van der Waals surface area contributed by atoms with E-state index in [0.29, 0.717) is 0 Å². The molecule has 0 saturated heterocycles. The summed E-state index contributed by atoms with van der Waals surface area (Å²) in [6.45, 7) is 6.70. The highest BCUT2D eigenvalue weighted by molar-refractivity contribution is 5.79. The highest BCUT2D eigenvalue weighted by Crippen LogP contribution is 2.29. The molecule has 0 aliphatic rings. The molecule has 2 aromatic heterocycles. The van der Waals surface area contributed by atoms with Crippen molar-refractivity contribution >= 4 is 16.7 Å². The zero-order valence-corrected chi connectivity index (χ0v) is 10.2. The van der Waals surface area contributed by atoms with Crippen molar-refractivity contribution in [2.24, 2.45) is 0 Å². The third-order valence-electron chi connectivity index (χ3n) is 3.65. The van der Waals surface area contributed by atoms with Crippen molar-refractivity contribution in [3.05, 3.63) is 24.5 Å². The maximum absolute atomic E-state index is 5.74. The van der Waals surface area contributed by atoms with Crippen molar-refractivity contribution in [1.82, 2.24) is 9.55 Å². The molecule has 0 atom stereocenters. The van der Waals surface area contributed by atoms with Gasteiger partial charge in [0.05, 0.1) is 11.9 Å². The predicted octanol–water partition coefficient (Wildman–Crippen LogP) is 3.15. The van der Waals surface area contributed by atoms with E-state index in [1.54, 1.807) is 6.20 Å². The van der Waals surface area contributed by atoms with E-state index in [2.05, 4.69) is 42.6 Å². The van der Waals surface area contributed by atoms with Gasteiger partial charge in [0.15, 0.2) is 0 Å². The molecule has 16 heavy (non-hydrogen) atoms. The van der Waals surface area contributed by atoms with Gasteiger partial charge in [0, 0.05) is 17.1 Å². The number of nitrogen functional groups attached to an aromatic ring is 1. The molecule has 0 spiro atoms. The molecule has 0 fully saturated rings. The SMILES string of the molecule is CCC(C)(CC)n1ccc2cc(N)cnc21. The lowest BCUT2D eigenvalue weighted by molar-refractivity contribution is 0.302. The maximum atomic E-state index is 5.74. The van der Waals surface area contributed by atoms with E-state index in [0.717, 1.165) is 29.6 Å². The number of rotatable bonds is 3. The molecule has 0 saturated carbocycles. The normalized spacial score (nSPS) is 12.2. The number of hydrogen-bond donors (Lipinski definition) is 1. The minimum Gasteiger partial charge on any atom is -0.397 e. The van der Waals surface area contributed by atoms with Gasteiger partial charge in [-0.1, -0.05) is 13.8 Å². The lowest BCUT2D eigenvalue weighted by Gasteiger charge is -2.29. The van der Waals surface area contributed by atoms with Crippen molar-refractivity contribution in [2.75, 3.05) is 5.73 Å². The van der Waals surface area contributed by atoms with E-state index in [1.807, 2.05) is 6.07 Å². The number of fused-ring (bicyclic) bond motifs is 1. The molecular weight excluding hydrogens is 198 g/mol. The fourth-order valence-electron chi connectivity index (χ4n) is 2.07. The van der Waals surface area contributed by atoms with Crippen LogP contribution in [0.5, 0.6) is 0 Å². The average Bonchev–Trinajstić information content (AvgIpc) is 2.71. The molecule has 2 aromatic rings. The van der Waals surface area contributed by atoms with E-state index < -0.39 is 0 Å². The van der Waals surface area contributed by atoms with Crippen LogP contribution in [0.3, 0.4) is 0 Å². The summed E-state index contributed by atoms with van der Waals surface area (Å²) in [5, 5.41) is 1.12. The quantitative estimate of drug-likeness (QED) is 0.858. The molecular formula is C13H19N3. The molecule has 3 heteroatoms. The smallest absolute Gasteiger partial charge is 0.140 e. The zero-order chi connectivity index (χ0) is 11.8. The lowest BCUT2D eigenvalue weighted by atomic mass is 9.95. The number of aromatic nitrogens is 2. The number of nitrogens with two attached hydrogens (primary N) is 1. The first kappa shape index (κ1) is 11.0. The second kappa shape index (κ2) is 3.81. The molecule has 0 unspecified atom stereocenters. The van der Waals surface area contributed by atoms with Gasteiger partial charge in [-0.15, -0.1) is 0 Å². The van der Waals surface area contributed by atoms with Gasteiger partial charge in [-0.05, 0) is 31.9 Å². The average molecular weight is 217 g/mol. The fraction of sp³-hybridized carbons (Fsp3) is 0.462. The third-order valence-corrected chi connectivity index (χ3v) is 3.65. The first-order chi connectivity index (χ1) is 7.60. The topological polar surface area (TPSA) is 43.8 Å². The minimum atomic E-state index is 0.144. The zero-order valence-electron chi connectivity index (χ0n) is 10.2. The summed E-state index contributed by atoms with van der Waals surface area (Å²) < 4.78 is 2.27. The van der Waals surface area contributed by atoms with Crippen LogP contribution in [0, 0.1) is 0 Å². The van der Waals surface area contributed by atoms with Gasteiger partial charge in [0.2, 0.25) is 0 Å². The molecule has 2 N–H and O–H groups in total. The minimum absolute atomic E-state index is 0.144. The summed E-state index contributed by atoms with van der Waals surface area (Å²) >= 11 is 0.